The number of hydrogen-bond acceptors (Lipinski definition) is 4. The van der Waals surface area contributed by atoms with E-state index in [9.17, 15) is 9.59 Å². The second-order valence-electron chi connectivity index (χ2n) is 7.71. The molecule has 1 aliphatic heterocycles. The van der Waals surface area contributed by atoms with Gasteiger partial charge in [-0.25, -0.2) is 0 Å². The third-order valence-electron chi connectivity index (χ3n) is 5.49. The largest absolute Gasteiger partial charge is 0.490 e. The van der Waals surface area contributed by atoms with Crippen LogP contribution in [-0.2, 0) is 11.2 Å². The molecule has 158 valence electrons. The fraction of sp³-hybridized carbons (Fsp3) is 0.240. The van der Waals surface area contributed by atoms with Gasteiger partial charge >= 0.3 is 0 Å². The minimum absolute atomic E-state index is 0.0645. The van der Waals surface area contributed by atoms with Crippen molar-refractivity contribution in [3.05, 3.63) is 84.2 Å². The van der Waals surface area contributed by atoms with Crippen LogP contribution in [0.15, 0.2) is 73.1 Å². The Kier molecular flexibility index (Phi) is 6.26. The van der Waals surface area contributed by atoms with Crippen molar-refractivity contribution in [1.82, 2.24) is 9.88 Å². The first kappa shape index (κ1) is 20.6. The second kappa shape index (κ2) is 9.43. The average molecular weight is 415 g/mol. The average Bonchev–Trinajstić information content (AvgIpc) is 2.80. The maximum absolute atomic E-state index is 12.5. The van der Waals surface area contributed by atoms with Crippen LogP contribution in [0.1, 0.15) is 28.8 Å². The predicted molar refractivity (Wildman–Crippen MR) is 119 cm³/mol. The van der Waals surface area contributed by atoms with Gasteiger partial charge in [0.05, 0.1) is 6.42 Å². The number of pyridine rings is 1. The Hall–Kier alpha value is -3.67. The highest BCUT2D eigenvalue weighted by Crippen LogP contribution is 2.27. The van der Waals surface area contributed by atoms with Gasteiger partial charge in [0.1, 0.15) is 11.9 Å². The summed E-state index contributed by atoms with van der Waals surface area (Å²) >= 11 is 0. The minimum Gasteiger partial charge on any atom is -0.490 e. The normalized spacial score (nSPS) is 14.3. The molecule has 3 aromatic rings. The lowest BCUT2D eigenvalue weighted by molar-refractivity contribution is -0.132. The van der Waals surface area contributed by atoms with Crippen molar-refractivity contribution >= 4 is 11.8 Å². The second-order valence-corrected chi connectivity index (χ2v) is 7.71. The van der Waals surface area contributed by atoms with E-state index in [-0.39, 0.29) is 12.0 Å². The lowest BCUT2D eigenvalue weighted by Gasteiger charge is -2.32. The van der Waals surface area contributed by atoms with E-state index in [2.05, 4.69) is 4.98 Å². The fourth-order valence-corrected chi connectivity index (χ4v) is 3.81. The summed E-state index contributed by atoms with van der Waals surface area (Å²) < 4.78 is 6.20. The summed E-state index contributed by atoms with van der Waals surface area (Å²) in [6.45, 7) is 1.37. The fourth-order valence-electron chi connectivity index (χ4n) is 3.81. The Morgan fingerprint density at radius 1 is 1.00 bits per heavy atom. The molecule has 0 atom stereocenters. The summed E-state index contributed by atoms with van der Waals surface area (Å²) in [6, 6.07) is 18.8. The molecular formula is C25H25N3O3. The Labute approximate surface area is 181 Å². The number of aromatic nitrogens is 1. The summed E-state index contributed by atoms with van der Waals surface area (Å²) in [5.41, 5.74) is 8.68. The monoisotopic (exact) mass is 415 g/mol. The van der Waals surface area contributed by atoms with Crippen LogP contribution < -0.4 is 10.5 Å². The Morgan fingerprint density at radius 3 is 2.45 bits per heavy atom. The van der Waals surface area contributed by atoms with E-state index in [0.717, 1.165) is 35.3 Å². The highest BCUT2D eigenvalue weighted by Gasteiger charge is 2.24. The highest BCUT2D eigenvalue weighted by molar-refractivity contribution is 5.94. The number of rotatable bonds is 6. The lowest BCUT2D eigenvalue weighted by Crippen LogP contribution is -2.42. The van der Waals surface area contributed by atoms with Crippen molar-refractivity contribution < 1.29 is 14.3 Å². The number of piperidine rings is 1. The van der Waals surface area contributed by atoms with E-state index in [4.69, 9.17) is 10.5 Å². The molecule has 6 heteroatoms. The number of amides is 2. The van der Waals surface area contributed by atoms with Crippen LogP contribution in [0.5, 0.6) is 5.75 Å². The molecule has 1 aliphatic rings. The molecule has 0 radical (unpaired) electrons. The summed E-state index contributed by atoms with van der Waals surface area (Å²) in [5, 5.41) is 0. The Balaban J connectivity index is 1.35. The van der Waals surface area contributed by atoms with Gasteiger partial charge in [-0.2, -0.15) is 0 Å². The highest BCUT2D eigenvalue weighted by atomic mass is 16.5. The molecule has 2 amide bonds. The van der Waals surface area contributed by atoms with E-state index in [1.165, 1.54) is 0 Å². The van der Waals surface area contributed by atoms with Gasteiger partial charge in [-0.15, -0.1) is 0 Å². The maximum Gasteiger partial charge on any atom is 0.248 e. The number of carbonyl (C=O) groups excluding carboxylic acids is 2. The summed E-state index contributed by atoms with van der Waals surface area (Å²) in [7, 11) is 0. The van der Waals surface area contributed by atoms with Crippen LogP contribution in [0.3, 0.4) is 0 Å². The first-order valence-electron chi connectivity index (χ1n) is 10.4. The first-order valence-corrected chi connectivity index (χ1v) is 10.4. The lowest BCUT2D eigenvalue weighted by atomic mass is 10.0. The number of nitrogens with two attached hydrogens (primary N) is 1. The van der Waals surface area contributed by atoms with Crippen molar-refractivity contribution in [2.75, 3.05) is 13.1 Å². The molecule has 1 saturated heterocycles. The summed E-state index contributed by atoms with van der Waals surface area (Å²) in [6.07, 6.45) is 5.47. The molecule has 1 fully saturated rings. The number of hydrogen-bond donors (Lipinski definition) is 1. The molecule has 0 aliphatic carbocycles. The number of ether oxygens (including phenoxy) is 1. The van der Waals surface area contributed by atoms with Crippen molar-refractivity contribution in [3.8, 4) is 16.9 Å². The van der Waals surface area contributed by atoms with Crippen LogP contribution in [0.4, 0.5) is 0 Å². The van der Waals surface area contributed by atoms with E-state index in [1.54, 1.807) is 24.5 Å². The third kappa shape index (κ3) is 5.28. The topological polar surface area (TPSA) is 85.5 Å². The molecule has 6 nitrogen and oxygen atoms in total. The number of benzene rings is 2. The molecule has 2 aromatic carbocycles. The van der Waals surface area contributed by atoms with Gasteiger partial charge in [0.25, 0.3) is 0 Å². The van der Waals surface area contributed by atoms with Crippen molar-refractivity contribution in [3.63, 3.8) is 0 Å². The zero-order valence-corrected chi connectivity index (χ0v) is 17.2. The molecular weight excluding hydrogens is 390 g/mol. The maximum atomic E-state index is 12.5. The van der Waals surface area contributed by atoms with Gasteiger partial charge in [-0.05, 0) is 47.0 Å². The standard InChI is InChI=1S/C25H25N3O3/c26-25(30)21-7-1-5-19(15-21)20-6-2-8-23(16-20)31-22-9-12-28(13-10-22)24(29)14-18-4-3-11-27-17-18/h1-8,11,15-17,22H,9-10,12-14H2,(H2,26,30). The predicted octanol–water partition coefficient (Wildman–Crippen LogP) is 3.46. The minimum atomic E-state index is -0.445. The molecule has 2 heterocycles. The van der Waals surface area contributed by atoms with Gasteiger partial charge in [0, 0.05) is 43.9 Å². The molecule has 0 unspecified atom stereocenters. The first-order chi connectivity index (χ1) is 15.1. The quantitative estimate of drug-likeness (QED) is 0.668. The SMILES string of the molecule is NC(=O)c1cccc(-c2cccc(OC3CCN(C(=O)Cc4cccnc4)CC3)c2)c1. The zero-order chi connectivity index (χ0) is 21.6. The molecule has 0 saturated carbocycles. The van der Waals surface area contributed by atoms with E-state index in [0.29, 0.717) is 25.1 Å². The molecule has 31 heavy (non-hydrogen) atoms. The van der Waals surface area contributed by atoms with Crippen LogP contribution in [-0.4, -0.2) is 40.9 Å². The number of primary amides is 1. The van der Waals surface area contributed by atoms with Crippen LogP contribution >= 0.6 is 0 Å². The zero-order valence-electron chi connectivity index (χ0n) is 17.2. The van der Waals surface area contributed by atoms with E-state index < -0.39 is 5.91 Å². The summed E-state index contributed by atoms with van der Waals surface area (Å²) in [4.78, 5) is 30.0. The third-order valence-corrected chi connectivity index (χ3v) is 5.49. The molecule has 2 N–H and O–H groups in total. The van der Waals surface area contributed by atoms with Gasteiger partial charge in [-0.3, -0.25) is 14.6 Å². The van der Waals surface area contributed by atoms with Gasteiger partial charge in [-0.1, -0.05) is 30.3 Å². The van der Waals surface area contributed by atoms with Crippen molar-refractivity contribution in [2.24, 2.45) is 5.73 Å². The smallest absolute Gasteiger partial charge is 0.248 e. The van der Waals surface area contributed by atoms with Crippen LogP contribution in [0, 0.1) is 0 Å². The summed E-state index contributed by atoms with van der Waals surface area (Å²) in [5.74, 6) is 0.462. The number of carbonyl (C=O) groups is 2. The van der Waals surface area contributed by atoms with E-state index in [1.807, 2.05) is 53.4 Å². The molecule has 0 spiro atoms. The molecule has 1 aromatic heterocycles. The van der Waals surface area contributed by atoms with Crippen LogP contribution in [0.25, 0.3) is 11.1 Å². The number of likely N-dealkylation sites (tertiary alicyclic amines) is 1. The van der Waals surface area contributed by atoms with Gasteiger partial charge in [0.2, 0.25) is 11.8 Å². The van der Waals surface area contributed by atoms with Crippen molar-refractivity contribution in [2.45, 2.75) is 25.4 Å². The molecule has 4 rings (SSSR count). The van der Waals surface area contributed by atoms with Gasteiger partial charge in [0.15, 0.2) is 0 Å². The van der Waals surface area contributed by atoms with Crippen molar-refractivity contribution in [1.29, 1.82) is 0 Å². The number of nitrogens with zero attached hydrogens (tertiary/aromatic N) is 2. The Bertz CT molecular complexity index is 1060. The Morgan fingerprint density at radius 2 is 1.74 bits per heavy atom. The van der Waals surface area contributed by atoms with Gasteiger partial charge < -0.3 is 15.4 Å². The van der Waals surface area contributed by atoms with E-state index >= 15 is 0 Å². The molecule has 0 bridgehead atoms. The van der Waals surface area contributed by atoms with Crippen LogP contribution in [0.2, 0.25) is 0 Å².